The van der Waals surface area contributed by atoms with E-state index in [4.69, 9.17) is 5.73 Å². The Hall–Kier alpha value is -2.62. The van der Waals surface area contributed by atoms with Crippen LogP contribution in [0.25, 0.3) is 16.9 Å². The largest absolute Gasteiger partial charge is 0.383 e. The summed E-state index contributed by atoms with van der Waals surface area (Å²) in [5.41, 5.74) is 10.5. The standard InChI is InChI=1S/C17H16FN3/c1-11-10-13(18)8-9-15(11)16-12(2)17(19)21(20-16)14-6-4-3-5-7-14/h3-10H,19H2,1-2H3. The fourth-order valence-electron chi connectivity index (χ4n) is 2.42. The van der Waals surface area contributed by atoms with Crippen LogP contribution in [0.4, 0.5) is 10.2 Å². The van der Waals surface area contributed by atoms with E-state index in [0.717, 1.165) is 28.1 Å². The maximum atomic E-state index is 13.3. The summed E-state index contributed by atoms with van der Waals surface area (Å²) in [4.78, 5) is 0. The second-order valence-corrected chi connectivity index (χ2v) is 5.07. The number of para-hydroxylation sites is 1. The summed E-state index contributed by atoms with van der Waals surface area (Å²) >= 11 is 0. The Kier molecular flexibility index (Phi) is 3.22. The monoisotopic (exact) mass is 281 g/mol. The van der Waals surface area contributed by atoms with Crippen molar-refractivity contribution >= 4 is 5.82 Å². The summed E-state index contributed by atoms with van der Waals surface area (Å²) < 4.78 is 15.0. The van der Waals surface area contributed by atoms with Crippen LogP contribution in [-0.4, -0.2) is 9.78 Å². The van der Waals surface area contributed by atoms with Crippen LogP contribution in [-0.2, 0) is 0 Å². The van der Waals surface area contributed by atoms with Gasteiger partial charge in [0.1, 0.15) is 11.6 Å². The van der Waals surface area contributed by atoms with Crippen LogP contribution in [0.2, 0.25) is 0 Å². The molecule has 1 aromatic heterocycles. The molecule has 1 heterocycles. The summed E-state index contributed by atoms with van der Waals surface area (Å²) in [5, 5.41) is 4.61. The van der Waals surface area contributed by atoms with Gasteiger partial charge in [-0.1, -0.05) is 18.2 Å². The van der Waals surface area contributed by atoms with E-state index in [1.807, 2.05) is 44.2 Å². The second-order valence-electron chi connectivity index (χ2n) is 5.07. The SMILES string of the molecule is Cc1cc(F)ccc1-c1nn(-c2ccccc2)c(N)c1C. The van der Waals surface area contributed by atoms with Crippen LogP contribution in [0, 0.1) is 19.7 Å². The van der Waals surface area contributed by atoms with Crippen LogP contribution in [0.15, 0.2) is 48.5 Å². The normalized spacial score (nSPS) is 10.8. The number of rotatable bonds is 2. The molecule has 0 radical (unpaired) electrons. The van der Waals surface area contributed by atoms with Gasteiger partial charge in [-0.05, 0) is 49.7 Å². The zero-order valence-electron chi connectivity index (χ0n) is 12.0. The fraction of sp³-hybridized carbons (Fsp3) is 0.118. The quantitative estimate of drug-likeness (QED) is 0.774. The van der Waals surface area contributed by atoms with E-state index in [9.17, 15) is 4.39 Å². The molecule has 0 atom stereocenters. The van der Waals surface area contributed by atoms with Gasteiger partial charge in [0.25, 0.3) is 0 Å². The third kappa shape index (κ3) is 2.29. The molecular formula is C17H16FN3. The minimum absolute atomic E-state index is 0.246. The van der Waals surface area contributed by atoms with Crippen molar-refractivity contribution in [3.63, 3.8) is 0 Å². The van der Waals surface area contributed by atoms with Gasteiger partial charge in [0.2, 0.25) is 0 Å². The van der Waals surface area contributed by atoms with Gasteiger partial charge in [-0.15, -0.1) is 0 Å². The molecule has 0 unspecified atom stereocenters. The fourth-order valence-corrected chi connectivity index (χ4v) is 2.42. The lowest BCUT2D eigenvalue weighted by molar-refractivity contribution is 0.627. The highest BCUT2D eigenvalue weighted by Gasteiger charge is 2.16. The Labute approximate surface area is 122 Å². The molecule has 0 saturated heterocycles. The molecule has 3 aromatic rings. The lowest BCUT2D eigenvalue weighted by atomic mass is 10.0. The zero-order chi connectivity index (χ0) is 15.0. The number of benzene rings is 2. The first-order valence-corrected chi connectivity index (χ1v) is 6.75. The van der Waals surface area contributed by atoms with Crippen LogP contribution < -0.4 is 5.73 Å². The van der Waals surface area contributed by atoms with Gasteiger partial charge in [0, 0.05) is 11.1 Å². The van der Waals surface area contributed by atoms with Crippen molar-refractivity contribution in [2.24, 2.45) is 0 Å². The molecule has 0 aliphatic carbocycles. The molecule has 0 aliphatic heterocycles. The highest BCUT2D eigenvalue weighted by Crippen LogP contribution is 2.30. The van der Waals surface area contributed by atoms with Gasteiger partial charge in [-0.3, -0.25) is 0 Å². The van der Waals surface area contributed by atoms with Crippen molar-refractivity contribution < 1.29 is 4.39 Å². The molecule has 0 spiro atoms. The van der Waals surface area contributed by atoms with Crippen molar-refractivity contribution in [1.29, 1.82) is 0 Å². The topological polar surface area (TPSA) is 43.8 Å². The second kappa shape index (κ2) is 5.05. The van der Waals surface area contributed by atoms with Gasteiger partial charge in [-0.25, -0.2) is 9.07 Å². The summed E-state index contributed by atoms with van der Waals surface area (Å²) in [6, 6.07) is 14.4. The average molecular weight is 281 g/mol. The van der Waals surface area contributed by atoms with Crippen molar-refractivity contribution in [3.05, 3.63) is 65.5 Å². The van der Waals surface area contributed by atoms with Crippen LogP contribution >= 0.6 is 0 Å². The number of aryl methyl sites for hydroxylation is 1. The lowest BCUT2D eigenvalue weighted by Crippen LogP contribution is -2.01. The Morgan fingerprint density at radius 1 is 1.05 bits per heavy atom. The third-order valence-electron chi connectivity index (χ3n) is 3.61. The molecule has 106 valence electrons. The predicted molar refractivity (Wildman–Crippen MR) is 82.8 cm³/mol. The van der Waals surface area contributed by atoms with Crippen molar-refractivity contribution in [2.45, 2.75) is 13.8 Å². The molecule has 0 saturated carbocycles. The Morgan fingerprint density at radius 2 is 1.76 bits per heavy atom. The molecule has 0 aliphatic rings. The number of nitrogens with zero attached hydrogens (tertiary/aromatic N) is 2. The minimum Gasteiger partial charge on any atom is -0.383 e. The number of hydrogen-bond acceptors (Lipinski definition) is 2. The van der Waals surface area contributed by atoms with Crippen LogP contribution in [0.1, 0.15) is 11.1 Å². The van der Waals surface area contributed by atoms with Gasteiger partial charge >= 0.3 is 0 Å². The number of anilines is 1. The maximum Gasteiger partial charge on any atom is 0.130 e. The Balaban J connectivity index is 2.17. The first kappa shape index (κ1) is 13.4. The van der Waals surface area contributed by atoms with Crippen molar-refractivity contribution in [2.75, 3.05) is 5.73 Å². The first-order valence-electron chi connectivity index (χ1n) is 6.75. The number of aromatic nitrogens is 2. The van der Waals surface area contributed by atoms with E-state index in [-0.39, 0.29) is 5.82 Å². The molecule has 0 fully saturated rings. The van der Waals surface area contributed by atoms with Gasteiger partial charge in [-0.2, -0.15) is 5.10 Å². The molecule has 3 rings (SSSR count). The first-order chi connectivity index (χ1) is 10.1. The Morgan fingerprint density at radius 3 is 2.43 bits per heavy atom. The maximum absolute atomic E-state index is 13.3. The molecule has 0 bridgehead atoms. The van der Waals surface area contributed by atoms with Crippen LogP contribution in [0.3, 0.4) is 0 Å². The number of nitrogen functional groups attached to an aromatic ring is 1. The summed E-state index contributed by atoms with van der Waals surface area (Å²) in [5.74, 6) is 0.351. The van der Waals surface area contributed by atoms with E-state index in [1.165, 1.54) is 12.1 Å². The number of halogens is 1. The van der Waals surface area contributed by atoms with E-state index in [1.54, 1.807) is 10.7 Å². The molecule has 2 aromatic carbocycles. The molecule has 21 heavy (non-hydrogen) atoms. The van der Waals surface area contributed by atoms with Crippen molar-refractivity contribution in [1.82, 2.24) is 9.78 Å². The van der Waals surface area contributed by atoms with E-state index in [0.29, 0.717) is 5.82 Å². The molecular weight excluding hydrogens is 265 g/mol. The Bertz CT molecular complexity index is 791. The average Bonchev–Trinajstić information content (AvgIpc) is 2.77. The predicted octanol–water partition coefficient (Wildman–Crippen LogP) is 3.88. The molecule has 0 amide bonds. The van der Waals surface area contributed by atoms with Crippen molar-refractivity contribution in [3.8, 4) is 16.9 Å². The summed E-state index contributed by atoms with van der Waals surface area (Å²) in [7, 11) is 0. The molecule has 2 N–H and O–H groups in total. The van der Waals surface area contributed by atoms with Crippen LogP contribution in [0.5, 0.6) is 0 Å². The number of nitrogens with two attached hydrogens (primary N) is 1. The zero-order valence-corrected chi connectivity index (χ0v) is 12.0. The molecule has 4 heteroatoms. The van der Waals surface area contributed by atoms with Gasteiger partial charge < -0.3 is 5.73 Å². The summed E-state index contributed by atoms with van der Waals surface area (Å²) in [6.45, 7) is 3.80. The smallest absolute Gasteiger partial charge is 0.130 e. The lowest BCUT2D eigenvalue weighted by Gasteiger charge is -2.04. The highest BCUT2D eigenvalue weighted by atomic mass is 19.1. The third-order valence-corrected chi connectivity index (χ3v) is 3.61. The number of hydrogen-bond donors (Lipinski definition) is 1. The van der Waals surface area contributed by atoms with Gasteiger partial charge in [0.15, 0.2) is 0 Å². The van der Waals surface area contributed by atoms with E-state index < -0.39 is 0 Å². The summed E-state index contributed by atoms with van der Waals surface area (Å²) in [6.07, 6.45) is 0. The van der Waals surface area contributed by atoms with Gasteiger partial charge in [0.05, 0.1) is 11.4 Å². The van der Waals surface area contributed by atoms with E-state index >= 15 is 0 Å². The highest BCUT2D eigenvalue weighted by molar-refractivity contribution is 5.71. The molecule has 3 nitrogen and oxygen atoms in total. The van der Waals surface area contributed by atoms with E-state index in [2.05, 4.69) is 5.10 Å². The minimum atomic E-state index is -0.246.